The number of rotatable bonds is 7. The zero-order valence-corrected chi connectivity index (χ0v) is 17.3. The van der Waals surface area contributed by atoms with Crippen LogP contribution in [0.1, 0.15) is 31.4 Å². The molecule has 7 heteroatoms. The van der Waals surface area contributed by atoms with E-state index in [-0.39, 0.29) is 30.6 Å². The summed E-state index contributed by atoms with van der Waals surface area (Å²) < 4.78 is 27.0. The van der Waals surface area contributed by atoms with Gasteiger partial charge in [0.1, 0.15) is 11.6 Å². The molecule has 0 radical (unpaired) electrons. The highest BCUT2D eigenvalue weighted by molar-refractivity contribution is 6.31. The van der Waals surface area contributed by atoms with E-state index < -0.39 is 11.6 Å². The third kappa shape index (κ3) is 5.75. The Morgan fingerprint density at radius 3 is 2.66 bits per heavy atom. The van der Waals surface area contributed by atoms with Gasteiger partial charge in [-0.2, -0.15) is 0 Å². The molecule has 1 aliphatic rings. The molecule has 2 atom stereocenters. The average Bonchev–Trinajstić information content (AvgIpc) is 3.05. The SMILES string of the molecule is CC(C)NC(=O)[C@@H]1C[C@@H](NCc2ccc(F)cc2F)CN1Cc1ccccc1Cl. The van der Waals surface area contributed by atoms with E-state index >= 15 is 0 Å². The van der Waals surface area contributed by atoms with Gasteiger partial charge in [0.25, 0.3) is 0 Å². The Labute approximate surface area is 175 Å². The predicted octanol–water partition coefficient (Wildman–Crippen LogP) is 3.88. The number of benzene rings is 2. The predicted molar refractivity (Wildman–Crippen MR) is 111 cm³/mol. The van der Waals surface area contributed by atoms with Crippen molar-refractivity contribution in [2.45, 2.75) is 51.5 Å². The van der Waals surface area contributed by atoms with Gasteiger partial charge in [-0.15, -0.1) is 0 Å². The van der Waals surface area contributed by atoms with E-state index in [1.54, 1.807) is 0 Å². The van der Waals surface area contributed by atoms with E-state index in [0.717, 1.165) is 11.6 Å². The third-order valence-corrected chi connectivity index (χ3v) is 5.43. The molecule has 0 unspecified atom stereocenters. The summed E-state index contributed by atoms with van der Waals surface area (Å²) in [5.41, 5.74) is 1.36. The maximum absolute atomic E-state index is 13.9. The quantitative estimate of drug-likeness (QED) is 0.713. The second-order valence-electron chi connectivity index (χ2n) is 7.75. The van der Waals surface area contributed by atoms with Gasteiger partial charge in [-0.25, -0.2) is 8.78 Å². The Bertz CT molecular complexity index is 862. The normalized spacial score (nSPS) is 19.7. The maximum atomic E-state index is 13.9. The Hall–Kier alpha value is -2.02. The summed E-state index contributed by atoms with van der Waals surface area (Å²) in [7, 11) is 0. The molecular weight excluding hydrogens is 396 g/mol. The van der Waals surface area contributed by atoms with Crippen LogP contribution in [0.15, 0.2) is 42.5 Å². The van der Waals surface area contributed by atoms with E-state index in [0.29, 0.717) is 30.1 Å². The van der Waals surface area contributed by atoms with Crippen molar-refractivity contribution >= 4 is 17.5 Å². The lowest BCUT2D eigenvalue weighted by atomic mass is 10.1. The van der Waals surface area contributed by atoms with Crippen LogP contribution in [-0.2, 0) is 17.9 Å². The molecule has 4 nitrogen and oxygen atoms in total. The summed E-state index contributed by atoms with van der Waals surface area (Å²) in [6.45, 7) is 5.31. The highest BCUT2D eigenvalue weighted by Gasteiger charge is 2.36. The largest absolute Gasteiger partial charge is 0.353 e. The molecule has 2 aromatic carbocycles. The van der Waals surface area contributed by atoms with Crippen LogP contribution in [0, 0.1) is 11.6 Å². The van der Waals surface area contributed by atoms with Crippen LogP contribution < -0.4 is 10.6 Å². The van der Waals surface area contributed by atoms with Crippen molar-refractivity contribution in [1.29, 1.82) is 0 Å². The molecule has 156 valence electrons. The van der Waals surface area contributed by atoms with Crippen LogP contribution in [0.2, 0.25) is 5.02 Å². The summed E-state index contributed by atoms with van der Waals surface area (Å²) in [5, 5.41) is 6.96. The van der Waals surface area contributed by atoms with Gasteiger partial charge in [0.15, 0.2) is 0 Å². The molecule has 1 heterocycles. The zero-order valence-electron chi connectivity index (χ0n) is 16.6. The van der Waals surface area contributed by atoms with Gasteiger partial charge >= 0.3 is 0 Å². The van der Waals surface area contributed by atoms with Crippen molar-refractivity contribution in [3.63, 3.8) is 0 Å². The van der Waals surface area contributed by atoms with Crippen LogP contribution in [0.3, 0.4) is 0 Å². The molecule has 0 bridgehead atoms. The van der Waals surface area contributed by atoms with Crippen LogP contribution in [0.4, 0.5) is 8.78 Å². The van der Waals surface area contributed by atoms with Crippen LogP contribution in [0.5, 0.6) is 0 Å². The molecule has 1 amide bonds. The molecule has 1 fully saturated rings. The first-order valence-corrected chi connectivity index (χ1v) is 10.2. The molecule has 2 aromatic rings. The summed E-state index contributed by atoms with van der Waals surface area (Å²) in [5.74, 6) is -1.19. The van der Waals surface area contributed by atoms with Gasteiger partial charge in [0, 0.05) is 48.4 Å². The van der Waals surface area contributed by atoms with Gasteiger partial charge in [0.2, 0.25) is 5.91 Å². The minimum atomic E-state index is -0.594. The number of hydrogen-bond acceptors (Lipinski definition) is 3. The first-order chi connectivity index (χ1) is 13.8. The molecule has 1 aliphatic heterocycles. The van der Waals surface area contributed by atoms with E-state index in [9.17, 15) is 13.6 Å². The Morgan fingerprint density at radius 2 is 1.97 bits per heavy atom. The number of halogens is 3. The van der Waals surface area contributed by atoms with Crippen molar-refractivity contribution < 1.29 is 13.6 Å². The highest BCUT2D eigenvalue weighted by atomic mass is 35.5. The smallest absolute Gasteiger partial charge is 0.237 e. The molecule has 2 N–H and O–H groups in total. The van der Waals surface area contributed by atoms with Crippen molar-refractivity contribution in [2.75, 3.05) is 6.54 Å². The molecule has 0 aromatic heterocycles. The van der Waals surface area contributed by atoms with E-state index in [2.05, 4.69) is 15.5 Å². The van der Waals surface area contributed by atoms with Crippen LogP contribution >= 0.6 is 11.6 Å². The number of hydrogen-bond donors (Lipinski definition) is 2. The fourth-order valence-corrected chi connectivity index (χ4v) is 3.84. The molecule has 0 saturated carbocycles. The van der Waals surface area contributed by atoms with Gasteiger partial charge < -0.3 is 10.6 Å². The topological polar surface area (TPSA) is 44.4 Å². The monoisotopic (exact) mass is 421 g/mol. The van der Waals surface area contributed by atoms with E-state index in [1.165, 1.54) is 12.1 Å². The first-order valence-electron chi connectivity index (χ1n) is 9.78. The molecule has 1 saturated heterocycles. The Balaban J connectivity index is 1.70. The molecular formula is C22H26ClF2N3O. The molecule has 3 rings (SSSR count). The summed E-state index contributed by atoms with van der Waals surface area (Å²) >= 11 is 6.31. The Kier molecular flexibility index (Phi) is 7.22. The van der Waals surface area contributed by atoms with Crippen LogP contribution in [0.25, 0.3) is 0 Å². The standard InChI is InChI=1S/C22H26ClF2N3O/c1-14(2)27-22(29)21-10-18(26-11-15-7-8-17(24)9-20(15)25)13-28(21)12-16-5-3-4-6-19(16)23/h3-9,14,18,21,26H,10-13H2,1-2H3,(H,27,29)/t18-,21+/m1/s1. The minimum Gasteiger partial charge on any atom is -0.353 e. The number of nitrogens with one attached hydrogen (secondary N) is 2. The van der Waals surface area contributed by atoms with Gasteiger partial charge in [-0.3, -0.25) is 9.69 Å². The van der Waals surface area contributed by atoms with Gasteiger partial charge in [0.05, 0.1) is 6.04 Å². The fraction of sp³-hybridized carbons (Fsp3) is 0.409. The maximum Gasteiger partial charge on any atom is 0.237 e. The zero-order chi connectivity index (χ0) is 21.0. The lowest BCUT2D eigenvalue weighted by Gasteiger charge is -2.24. The first kappa shape index (κ1) is 21.7. The van der Waals surface area contributed by atoms with Crippen molar-refractivity contribution in [3.05, 3.63) is 70.2 Å². The van der Waals surface area contributed by atoms with Gasteiger partial charge in [-0.1, -0.05) is 35.9 Å². The van der Waals surface area contributed by atoms with Crippen LogP contribution in [-0.4, -0.2) is 35.5 Å². The second-order valence-corrected chi connectivity index (χ2v) is 8.16. The van der Waals surface area contributed by atoms with E-state index in [4.69, 9.17) is 11.6 Å². The van der Waals surface area contributed by atoms with Gasteiger partial charge in [-0.05, 0) is 38.0 Å². The number of carbonyl (C=O) groups is 1. The summed E-state index contributed by atoms with van der Waals surface area (Å²) in [6, 6.07) is 10.9. The average molecular weight is 422 g/mol. The van der Waals surface area contributed by atoms with Crippen molar-refractivity contribution in [3.8, 4) is 0 Å². The van der Waals surface area contributed by atoms with E-state index in [1.807, 2.05) is 38.1 Å². The third-order valence-electron chi connectivity index (χ3n) is 5.06. The lowest BCUT2D eigenvalue weighted by molar-refractivity contribution is -0.126. The fourth-order valence-electron chi connectivity index (χ4n) is 3.64. The number of likely N-dealkylation sites (tertiary alicyclic amines) is 1. The summed E-state index contributed by atoms with van der Waals surface area (Å²) in [6.07, 6.45) is 0.603. The number of carbonyl (C=O) groups excluding carboxylic acids is 1. The van der Waals surface area contributed by atoms with Crippen molar-refractivity contribution in [1.82, 2.24) is 15.5 Å². The minimum absolute atomic E-state index is 0.00449. The number of nitrogens with zero attached hydrogens (tertiary/aromatic N) is 1. The molecule has 0 aliphatic carbocycles. The van der Waals surface area contributed by atoms with Crippen molar-refractivity contribution in [2.24, 2.45) is 0 Å². The molecule has 0 spiro atoms. The lowest BCUT2D eigenvalue weighted by Crippen LogP contribution is -2.45. The summed E-state index contributed by atoms with van der Waals surface area (Å²) in [4.78, 5) is 14.8. The molecule has 29 heavy (non-hydrogen) atoms. The Morgan fingerprint density at radius 1 is 1.21 bits per heavy atom. The number of amides is 1. The second kappa shape index (κ2) is 9.65. The highest BCUT2D eigenvalue weighted by Crippen LogP contribution is 2.25.